The lowest BCUT2D eigenvalue weighted by Crippen LogP contribution is -2.37. The Morgan fingerprint density at radius 2 is 2.37 bits per heavy atom. The molecule has 2 rings (SSSR count). The largest absolute Gasteiger partial charge is 0.394 e. The summed E-state index contributed by atoms with van der Waals surface area (Å²) < 4.78 is 6.75. The average molecular weight is 265 g/mol. The van der Waals surface area contributed by atoms with Crippen molar-refractivity contribution in [2.24, 2.45) is 5.41 Å². The standard InChI is InChI=1S/C12H15N3O4/c1-7-4-15(11(18)14-9(7)17)10-12(2,6-13)3-8(5-16)19-10/h4,8,10,16H,3,5H2,1-2H3,(H,14,17,18). The minimum absolute atomic E-state index is 0.217. The van der Waals surface area contributed by atoms with Gasteiger partial charge in [0, 0.05) is 11.8 Å². The van der Waals surface area contributed by atoms with Crippen LogP contribution >= 0.6 is 0 Å². The van der Waals surface area contributed by atoms with Gasteiger partial charge in [0.25, 0.3) is 5.56 Å². The van der Waals surface area contributed by atoms with Crippen LogP contribution in [0.25, 0.3) is 0 Å². The van der Waals surface area contributed by atoms with E-state index in [1.807, 2.05) is 0 Å². The van der Waals surface area contributed by atoms with Crippen LogP contribution in [0.1, 0.15) is 25.1 Å². The van der Waals surface area contributed by atoms with Gasteiger partial charge >= 0.3 is 5.69 Å². The number of hydrogen-bond donors (Lipinski definition) is 2. The highest BCUT2D eigenvalue weighted by molar-refractivity contribution is 5.08. The van der Waals surface area contributed by atoms with Crippen LogP contribution in [0.2, 0.25) is 0 Å². The number of H-pyrrole nitrogens is 1. The van der Waals surface area contributed by atoms with Crippen LogP contribution in [0.3, 0.4) is 0 Å². The lowest BCUT2D eigenvalue weighted by molar-refractivity contribution is -0.0430. The molecular weight excluding hydrogens is 250 g/mol. The molecule has 0 saturated carbocycles. The summed E-state index contributed by atoms with van der Waals surface area (Å²) in [5.41, 5.74) is -1.66. The molecule has 19 heavy (non-hydrogen) atoms. The topological polar surface area (TPSA) is 108 Å². The first-order valence-electron chi connectivity index (χ1n) is 5.91. The maximum Gasteiger partial charge on any atom is 0.330 e. The fraction of sp³-hybridized carbons (Fsp3) is 0.583. The van der Waals surface area contributed by atoms with E-state index in [2.05, 4.69) is 11.1 Å². The number of nitrogens with one attached hydrogen (secondary N) is 1. The first kappa shape index (κ1) is 13.5. The number of aromatic nitrogens is 2. The fourth-order valence-electron chi connectivity index (χ4n) is 2.30. The van der Waals surface area contributed by atoms with E-state index in [-0.39, 0.29) is 6.61 Å². The molecule has 2 N–H and O–H groups in total. The molecule has 1 aromatic rings. The van der Waals surface area contributed by atoms with Gasteiger partial charge in [0.1, 0.15) is 5.41 Å². The Hall–Kier alpha value is -1.91. The van der Waals surface area contributed by atoms with Gasteiger partial charge in [-0.2, -0.15) is 5.26 Å². The Labute approximate surface area is 109 Å². The van der Waals surface area contributed by atoms with Crippen molar-refractivity contribution < 1.29 is 9.84 Å². The van der Waals surface area contributed by atoms with Crippen molar-refractivity contribution in [1.29, 1.82) is 5.26 Å². The van der Waals surface area contributed by atoms with E-state index in [1.54, 1.807) is 13.8 Å². The molecule has 2 heterocycles. The summed E-state index contributed by atoms with van der Waals surface area (Å²) in [5.74, 6) is 0. The van der Waals surface area contributed by atoms with Crippen LogP contribution in [0, 0.1) is 23.7 Å². The van der Waals surface area contributed by atoms with E-state index in [0.717, 1.165) is 0 Å². The van der Waals surface area contributed by atoms with Crippen LogP contribution in [0.4, 0.5) is 0 Å². The number of aliphatic hydroxyl groups is 1. The third-order valence-electron chi connectivity index (χ3n) is 3.38. The van der Waals surface area contributed by atoms with Crippen molar-refractivity contribution in [1.82, 2.24) is 9.55 Å². The van der Waals surface area contributed by atoms with Gasteiger partial charge in [-0.1, -0.05) is 0 Å². The van der Waals surface area contributed by atoms with Crippen LogP contribution in [0.5, 0.6) is 0 Å². The second-order valence-electron chi connectivity index (χ2n) is 5.01. The maximum absolute atomic E-state index is 11.8. The third-order valence-corrected chi connectivity index (χ3v) is 3.38. The normalized spacial score (nSPS) is 30.2. The van der Waals surface area contributed by atoms with E-state index in [1.165, 1.54) is 10.8 Å². The number of aryl methyl sites for hydroxylation is 1. The number of rotatable bonds is 2. The fourth-order valence-corrected chi connectivity index (χ4v) is 2.30. The lowest BCUT2D eigenvalue weighted by Gasteiger charge is -2.24. The first-order chi connectivity index (χ1) is 8.91. The second kappa shape index (κ2) is 4.64. The zero-order chi connectivity index (χ0) is 14.2. The molecule has 7 heteroatoms. The predicted molar refractivity (Wildman–Crippen MR) is 65.4 cm³/mol. The highest BCUT2D eigenvalue weighted by atomic mass is 16.5. The Balaban J connectivity index is 2.52. The molecule has 1 saturated heterocycles. The molecule has 0 aliphatic carbocycles. The number of ether oxygens (including phenoxy) is 1. The van der Waals surface area contributed by atoms with Gasteiger partial charge in [0.05, 0.1) is 18.8 Å². The summed E-state index contributed by atoms with van der Waals surface area (Å²) in [6.07, 6.45) is 0.391. The molecule has 0 spiro atoms. The molecular formula is C12H15N3O4. The van der Waals surface area contributed by atoms with Gasteiger partial charge in [-0.05, 0) is 20.3 Å². The Bertz CT molecular complexity index is 642. The van der Waals surface area contributed by atoms with Crippen LogP contribution in [-0.2, 0) is 4.74 Å². The van der Waals surface area contributed by atoms with Crippen molar-refractivity contribution in [3.05, 3.63) is 32.6 Å². The summed E-state index contributed by atoms with van der Waals surface area (Å²) in [7, 11) is 0. The van der Waals surface area contributed by atoms with Crippen LogP contribution < -0.4 is 11.2 Å². The number of nitrogens with zero attached hydrogens (tertiary/aromatic N) is 2. The molecule has 0 amide bonds. The summed E-state index contributed by atoms with van der Waals surface area (Å²) >= 11 is 0. The summed E-state index contributed by atoms with van der Waals surface area (Å²) in [5, 5.41) is 18.4. The molecule has 0 aromatic carbocycles. The molecule has 7 nitrogen and oxygen atoms in total. The first-order valence-corrected chi connectivity index (χ1v) is 5.91. The molecule has 0 bridgehead atoms. The molecule has 3 atom stereocenters. The third kappa shape index (κ3) is 2.20. The van der Waals surface area contributed by atoms with Gasteiger partial charge in [0.2, 0.25) is 0 Å². The predicted octanol–water partition coefficient (Wildman–Crippen LogP) is -0.345. The van der Waals surface area contributed by atoms with Gasteiger partial charge in [0.15, 0.2) is 6.23 Å². The molecule has 1 aromatic heterocycles. The Kier molecular flexibility index (Phi) is 3.30. The zero-order valence-corrected chi connectivity index (χ0v) is 10.7. The lowest BCUT2D eigenvalue weighted by atomic mass is 9.87. The van der Waals surface area contributed by atoms with Crippen molar-refractivity contribution in [3.63, 3.8) is 0 Å². The van der Waals surface area contributed by atoms with Crippen molar-refractivity contribution in [2.45, 2.75) is 32.6 Å². The van der Waals surface area contributed by atoms with Gasteiger partial charge < -0.3 is 9.84 Å². The summed E-state index contributed by atoms with van der Waals surface area (Å²) in [6, 6.07) is 2.13. The smallest absolute Gasteiger partial charge is 0.330 e. The average Bonchev–Trinajstić information content (AvgIpc) is 2.72. The molecule has 0 radical (unpaired) electrons. The number of aliphatic hydroxyl groups excluding tert-OH is 1. The summed E-state index contributed by atoms with van der Waals surface area (Å²) in [6.45, 7) is 3.02. The van der Waals surface area contributed by atoms with Crippen LogP contribution in [-0.4, -0.2) is 27.4 Å². The molecule has 102 valence electrons. The minimum Gasteiger partial charge on any atom is -0.394 e. The van der Waals surface area contributed by atoms with Crippen LogP contribution in [0.15, 0.2) is 15.8 Å². The highest BCUT2D eigenvalue weighted by Gasteiger charge is 2.47. The number of hydrogen-bond acceptors (Lipinski definition) is 5. The van der Waals surface area contributed by atoms with E-state index >= 15 is 0 Å². The molecule has 1 aliphatic heterocycles. The zero-order valence-electron chi connectivity index (χ0n) is 10.7. The van der Waals surface area contributed by atoms with Gasteiger partial charge in [-0.15, -0.1) is 0 Å². The SMILES string of the molecule is Cc1cn(C2OC(CO)CC2(C)C#N)c(=O)[nH]c1=O. The maximum atomic E-state index is 11.8. The van der Waals surface area contributed by atoms with E-state index in [4.69, 9.17) is 9.84 Å². The van der Waals surface area contributed by atoms with E-state index in [9.17, 15) is 14.9 Å². The minimum atomic E-state index is -0.929. The van der Waals surface area contributed by atoms with E-state index in [0.29, 0.717) is 12.0 Å². The number of aromatic amines is 1. The molecule has 1 fully saturated rings. The molecule has 1 aliphatic rings. The van der Waals surface area contributed by atoms with Gasteiger partial charge in [-0.3, -0.25) is 14.3 Å². The Morgan fingerprint density at radius 1 is 1.68 bits per heavy atom. The highest BCUT2D eigenvalue weighted by Crippen LogP contribution is 2.43. The quantitative estimate of drug-likeness (QED) is 0.760. The van der Waals surface area contributed by atoms with Crippen molar-refractivity contribution in [2.75, 3.05) is 6.61 Å². The van der Waals surface area contributed by atoms with Crippen molar-refractivity contribution in [3.8, 4) is 6.07 Å². The van der Waals surface area contributed by atoms with Crippen molar-refractivity contribution >= 4 is 0 Å². The monoisotopic (exact) mass is 265 g/mol. The summed E-state index contributed by atoms with van der Waals surface area (Å²) in [4.78, 5) is 25.4. The second-order valence-corrected chi connectivity index (χ2v) is 5.01. The molecule has 3 unspecified atom stereocenters. The van der Waals surface area contributed by atoms with E-state index < -0.39 is 29.0 Å². The van der Waals surface area contributed by atoms with Gasteiger partial charge in [-0.25, -0.2) is 4.79 Å². The number of nitriles is 1. The Morgan fingerprint density at radius 3 is 2.95 bits per heavy atom.